The fourth-order valence-corrected chi connectivity index (χ4v) is 4.69. The van der Waals surface area contributed by atoms with E-state index in [1.807, 2.05) is 24.3 Å². The lowest BCUT2D eigenvalue weighted by molar-refractivity contribution is 0.0698. The zero-order chi connectivity index (χ0) is 20.5. The number of primary amides is 1. The summed E-state index contributed by atoms with van der Waals surface area (Å²) in [5.41, 5.74) is 10.5. The lowest BCUT2D eigenvalue weighted by Gasteiger charge is -2.16. The van der Waals surface area contributed by atoms with Crippen molar-refractivity contribution in [3.63, 3.8) is 0 Å². The van der Waals surface area contributed by atoms with Crippen molar-refractivity contribution in [3.05, 3.63) is 70.4 Å². The van der Waals surface area contributed by atoms with Crippen molar-refractivity contribution >= 4 is 22.8 Å². The van der Waals surface area contributed by atoms with Gasteiger partial charge in [-0.1, -0.05) is 37.6 Å². The van der Waals surface area contributed by atoms with Crippen molar-refractivity contribution in [3.8, 4) is 0 Å². The first-order chi connectivity index (χ1) is 14.0. The summed E-state index contributed by atoms with van der Waals surface area (Å²) in [5.74, 6) is -0.771. The highest BCUT2D eigenvalue weighted by atomic mass is 16.4. The van der Waals surface area contributed by atoms with Crippen LogP contribution < -0.4 is 5.73 Å². The Kier molecular flexibility index (Phi) is 5.14. The van der Waals surface area contributed by atoms with E-state index in [0.29, 0.717) is 23.6 Å². The highest BCUT2D eigenvalue weighted by Crippen LogP contribution is 2.36. The summed E-state index contributed by atoms with van der Waals surface area (Å²) in [6, 6.07) is 12.9. The largest absolute Gasteiger partial charge is 0.478 e. The first-order valence-corrected chi connectivity index (χ1v) is 10.2. The maximum absolute atomic E-state index is 12.0. The first kappa shape index (κ1) is 19.2. The van der Waals surface area contributed by atoms with Gasteiger partial charge in [-0.15, -0.1) is 0 Å². The summed E-state index contributed by atoms with van der Waals surface area (Å²) >= 11 is 0. The Morgan fingerprint density at radius 2 is 2.00 bits per heavy atom. The van der Waals surface area contributed by atoms with Crippen LogP contribution in [0.15, 0.2) is 42.5 Å². The van der Waals surface area contributed by atoms with Crippen LogP contribution in [-0.4, -0.2) is 21.6 Å². The van der Waals surface area contributed by atoms with E-state index in [2.05, 4.69) is 11.5 Å². The zero-order valence-electron chi connectivity index (χ0n) is 16.6. The quantitative estimate of drug-likeness (QED) is 0.634. The van der Waals surface area contributed by atoms with Crippen LogP contribution in [0.25, 0.3) is 10.9 Å². The summed E-state index contributed by atoms with van der Waals surface area (Å²) in [6.45, 7) is 2.75. The molecule has 3 aromatic rings. The highest BCUT2D eigenvalue weighted by molar-refractivity contribution is 6.04. The number of amides is 1. The third kappa shape index (κ3) is 3.53. The monoisotopic (exact) mass is 390 g/mol. The molecule has 0 saturated heterocycles. The number of carbonyl (C=O) groups is 2. The SMILES string of the molecule is CCC1CCCc2c(n(Cc3cccc(C(N)=O)c3)c3c(C(=O)O)cccc23)C1. The summed E-state index contributed by atoms with van der Waals surface area (Å²) < 4.78 is 2.17. The maximum atomic E-state index is 12.0. The third-order valence-corrected chi connectivity index (χ3v) is 6.19. The van der Waals surface area contributed by atoms with Gasteiger partial charge in [-0.2, -0.15) is 0 Å². The number of nitrogens with two attached hydrogens (primary N) is 1. The first-order valence-electron chi connectivity index (χ1n) is 10.2. The second-order valence-electron chi connectivity index (χ2n) is 7.95. The number of aromatic carboxylic acids is 1. The van der Waals surface area contributed by atoms with Crippen LogP contribution in [0.4, 0.5) is 0 Å². The minimum atomic E-state index is -0.914. The number of hydrogen-bond acceptors (Lipinski definition) is 2. The number of hydrogen-bond donors (Lipinski definition) is 2. The number of fused-ring (bicyclic) bond motifs is 3. The molecule has 0 bridgehead atoms. The summed E-state index contributed by atoms with van der Waals surface area (Å²) in [6.07, 6.45) is 5.36. The molecule has 5 nitrogen and oxygen atoms in total. The van der Waals surface area contributed by atoms with Crippen molar-refractivity contribution in [2.75, 3.05) is 0 Å². The van der Waals surface area contributed by atoms with E-state index in [0.717, 1.165) is 42.1 Å². The number of para-hydroxylation sites is 1. The molecule has 0 radical (unpaired) electrons. The number of aryl methyl sites for hydroxylation is 1. The van der Waals surface area contributed by atoms with E-state index in [9.17, 15) is 14.7 Å². The molecule has 0 saturated carbocycles. The van der Waals surface area contributed by atoms with Gasteiger partial charge in [-0.05, 0) is 60.9 Å². The van der Waals surface area contributed by atoms with E-state index in [4.69, 9.17) is 5.73 Å². The lowest BCUT2D eigenvalue weighted by atomic mass is 9.97. The Hall–Kier alpha value is -3.08. The van der Waals surface area contributed by atoms with E-state index in [-0.39, 0.29) is 0 Å². The third-order valence-electron chi connectivity index (χ3n) is 6.19. The molecule has 150 valence electrons. The molecule has 0 aliphatic heterocycles. The molecule has 1 aliphatic carbocycles. The highest BCUT2D eigenvalue weighted by Gasteiger charge is 2.25. The molecule has 1 amide bonds. The minimum Gasteiger partial charge on any atom is -0.478 e. The molecule has 0 fully saturated rings. The van der Waals surface area contributed by atoms with Gasteiger partial charge in [0, 0.05) is 23.2 Å². The van der Waals surface area contributed by atoms with Crippen LogP contribution in [0.5, 0.6) is 0 Å². The van der Waals surface area contributed by atoms with Crippen LogP contribution in [0.2, 0.25) is 0 Å². The van der Waals surface area contributed by atoms with E-state index >= 15 is 0 Å². The number of carboxylic acid groups (broad SMARTS) is 1. The van der Waals surface area contributed by atoms with Gasteiger partial charge in [0.2, 0.25) is 5.91 Å². The summed E-state index contributed by atoms with van der Waals surface area (Å²) in [5, 5.41) is 10.9. The van der Waals surface area contributed by atoms with E-state index in [1.54, 1.807) is 18.2 Å². The number of carboxylic acids is 1. The molecule has 1 atom stereocenters. The van der Waals surface area contributed by atoms with Crippen LogP contribution >= 0.6 is 0 Å². The molecule has 1 heterocycles. The topological polar surface area (TPSA) is 85.3 Å². The average molecular weight is 390 g/mol. The molecule has 5 heteroatoms. The predicted molar refractivity (Wildman–Crippen MR) is 113 cm³/mol. The van der Waals surface area contributed by atoms with Gasteiger partial charge < -0.3 is 15.4 Å². The molecule has 3 N–H and O–H groups in total. The summed E-state index contributed by atoms with van der Waals surface area (Å²) in [7, 11) is 0. The number of rotatable bonds is 5. The Morgan fingerprint density at radius 1 is 1.21 bits per heavy atom. The van der Waals surface area contributed by atoms with Gasteiger partial charge in [0.25, 0.3) is 0 Å². The predicted octanol–water partition coefficient (Wildman–Crippen LogP) is 4.39. The smallest absolute Gasteiger partial charge is 0.337 e. The van der Waals surface area contributed by atoms with Crippen LogP contribution in [0.3, 0.4) is 0 Å². The fraction of sp³-hybridized carbons (Fsp3) is 0.333. The van der Waals surface area contributed by atoms with Gasteiger partial charge in [0.15, 0.2) is 0 Å². The van der Waals surface area contributed by atoms with Gasteiger partial charge in [0.1, 0.15) is 0 Å². The molecule has 4 rings (SSSR count). The zero-order valence-corrected chi connectivity index (χ0v) is 16.6. The molecular weight excluding hydrogens is 364 g/mol. The molecule has 1 unspecified atom stereocenters. The van der Waals surface area contributed by atoms with Crippen molar-refractivity contribution in [2.24, 2.45) is 11.7 Å². The normalized spacial score (nSPS) is 16.4. The van der Waals surface area contributed by atoms with Gasteiger partial charge in [0.05, 0.1) is 11.1 Å². The van der Waals surface area contributed by atoms with Gasteiger partial charge >= 0.3 is 5.97 Å². The maximum Gasteiger partial charge on any atom is 0.337 e. The van der Waals surface area contributed by atoms with E-state index < -0.39 is 11.9 Å². The second-order valence-corrected chi connectivity index (χ2v) is 7.95. The van der Waals surface area contributed by atoms with Crippen molar-refractivity contribution in [1.82, 2.24) is 4.57 Å². The van der Waals surface area contributed by atoms with Crippen LogP contribution in [0.1, 0.15) is 63.7 Å². The Labute approximate surface area is 170 Å². The lowest BCUT2D eigenvalue weighted by Crippen LogP contribution is -2.13. The number of carbonyl (C=O) groups excluding carboxylic acids is 1. The van der Waals surface area contributed by atoms with Crippen LogP contribution in [-0.2, 0) is 19.4 Å². The summed E-state index contributed by atoms with van der Waals surface area (Å²) in [4.78, 5) is 23.6. The number of aromatic nitrogens is 1. The van der Waals surface area contributed by atoms with Gasteiger partial charge in [-0.3, -0.25) is 4.79 Å². The minimum absolute atomic E-state index is 0.328. The molecule has 0 spiro atoms. The standard InChI is InChI=1S/C24H26N2O3/c1-2-15-6-4-9-18-19-10-5-11-20(24(28)29)22(19)26(21(18)13-15)14-16-7-3-8-17(12-16)23(25)27/h3,5,7-8,10-12,15H,2,4,6,9,13-14H2,1H3,(H2,25,27)(H,28,29). The van der Waals surface area contributed by atoms with Crippen molar-refractivity contribution in [2.45, 2.75) is 45.6 Å². The van der Waals surface area contributed by atoms with Crippen LogP contribution in [0, 0.1) is 5.92 Å². The average Bonchev–Trinajstić information content (AvgIpc) is 2.87. The molecule has 29 heavy (non-hydrogen) atoms. The Morgan fingerprint density at radius 3 is 2.72 bits per heavy atom. The van der Waals surface area contributed by atoms with Crippen molar-refractivity contribution in [1.29, 1.82) is 0 Å². The van der Waals surface area contributed by atoms with Crippen molar-refractivity contribution < 1.29 is 14.7 Å². The van der Waals surface area contributed by atoms with Gasteiger partial charge in [-0.25, -0.2) is 4.79 Å². The van der Waals surface area contributed by atoms with E-state index in [1.165, 1.54) is 17.7 Å². The Balaban J connectivity index is 1.93. The number of benzene rings is 2. The molecule has 2 aromatic carbocycles. The molecule has 1 aliphatic rings. The molecule has 1 aromatic heterocycles. The number of nitrogens with zero attached hydrogens (tertiary/aromatic N) is 1. The fourth-order valence-electron chi connectivity index (χ4n) is 4.69. The molecular formula is C24H26N2O3. The second kappa shape index (κ2) is 7.74. The Bertz CT molecular complexity index is 1100.